The van der Waals surface area contributed by atoms with Crippen molar-refractivity contribution in [3.05, 3.63) is 33.9 Å². The van der Waals surface area contributed by atoms with Crippen molar-refractivity contribution in [2.24, 2.45) is 5.73 Å². The molecule has 0 saturated carbocycles. The van der Waals surface area contributed by atoms with Gasteiger partial charge in [-0.05, 0) is 19.3 Å². The Balaban J connectivity index is 1.91. The number of cyclic esters (lactones) is 1. The van der Waals surface area contributed by atoms with E-state index in [1.165, 1.54) is 24.9 Å². The first kappa shape index (κ1) is 23.6. The maximum absolute atomic E-state index is 12.7. The number of thioether (sulfide) groups is 1. The third-order valence-electron chi connectivity index (χ3n) is 4.60. The van der Waals surface area contributed by atoms with Crippen LogP contribution in [0.3, 0.4) is 0 Å². The van der Waals surface area contributed by atoms with Crippen molar-refractivity contribution in [2.45, 2.75) is 37.6 Å². The summed E-state index contributed by atoms with van der Waals surface area (Å²) < 4.78 is 15.9. The molecule has 0 spiro atoms. The highest BCUT2D eigenvalue weighted by atomic mass is 35.5. The monoisotopic (exact) mass is 486 g/mol. The second-order valence-corrected chi connectivity index (χ2v) is 8.65. The zero-order valence-electron chi connectivity index (χ0n) is 16.9. The molecule has 3 rings (SSSR count). The summed E-state index contributed by atoms with van der Waals surface area (Å²) in [5.74, 6) is 1.03. The first-order valence-electron chi connectivity index (χ1n) is 9.59. The van der Waals surface area contributed by atoms with E-state index in [1.54, 1.807) is 0 Å². The number of rotatable bonds is 3. The van der Waals surface area contributed by atoms with E-state index in [4.69, 9.17) is 43.5 Å². The van der Waals surface area contributed by atoms with Gasteiger partial charge in [0.05, 0.1) is 35.8 Å². The number of carbonyl (C=O) groups is 1. The van der Waals surface area contributed by atoms with Crippen molar-refractivity contribution in [1.82, 2.24) is 15.5 Å². The average Bonchev–Trinajstić information content (AvgIpc) is 3.23. The van der Waals surface area contributed by atoms with Crippen molar-refractivity contribution in [3.63, 3.8) is 0 Å². The molecular weight excluding hydrogens is 464 g/mol. The molecule has 0 amide bonds. The smallest absolute Gasteiger partial charge is 0.340 e. The lowest BCUT2D eigenvalue weighted by Crippen LogP contribution is -2.29. The molecule has 168 valence electrons. The molecule has 1 aliphatic rings. The molecule has 1 aromatic carbocycles. The third kappa shape index (κ3) is 5.79. The summed E-state index contributed by atoms with van der Waals surface area (Å²) in [6.45, 7) is 0.368. The molecular formula is C19H23ClN4O5S2. The number of fused-ring (bicyclic) bond motifs is 1. The Labute approximate surface area is 194 Å². The number of esters is 1. The van der Waals surface area contributed by atoms with E-state index in [-0.39, 0.29) is 47.0 Å². The van der Waals surface area contributed by atoms with Crippen molar-refractivity contribution in [1.29, 1.82) is 0 Å². The summed E-state index contributed by atoms with van der Waals surface area (Å²) in [6.07, 6.45) is 1.96. The van der Waals surface area contributed by atoms with Gasteiger partial charge in [0.25, 0.3) is 0 Å². The van der Waals surface area contributed by atoms with Crippen molar-refractivity contribution in [3.8, 4) is 11.5 Å². The topological polar surface area (TPSA) is 133 Å². The van der Waals surface area contributed by atoms with E-state index < -0.39 is 5.97 Å². The fourth-order valence-electron chi connectivity index (χ4n) is 3.00. The van der Waals surface area contributed by atoms with Crippen LogP contribution in [0.15, 0.2) is 10.6 Å². The summed E-state index contributed by atoms with van der Waals surface area (Å²) in [5, 5.41) is 17.7. The maximum atomic E-state index is 12.7. The highest BCUT2D eigenvalue weighted by Crippen LogP contribution is 2.39. The minimum atomic E-state index is -0.603. The number of halogens is 1. The number of methoxy groups -OCH3 is 1. The Morgan fingerprint density at radius 3 is 3.00 bits per heavy atom. The number of nitrogens with two attached hydrogens (primary N) is 1. The van der Waals surface area contributed by atoms with Gasteiger partial charge in [0.2, 0.25) is 5.89 Å². The fraction of sp³-hybridized carbons (Fsp3) is 0.474. The number of hydrogen-bond donors (Lipinski definition) is 3. The van der Waals surface area contributed by atoms with Crippen LogP contribution < -0.4 is 15.8 Å². The zero-order chi connectivity index (χ0) is 22.4. The van der Waals surface area contributed by atoms with Crippen molar-refractivity contribution in [2.75, 3.05) is 19.5 Å². The number of aromatic nitrogens is 2. The lowest BCUT2D eigenvalue weighted by Gasteiger charge is -2.19. The van der Waals surface area contributed by atoms with Gasteiger partial charge < -0.3 is 30.2 Å². The molecule has 0 bridgehead atoms. The lowest BCUT2D eigenvalue weighted by atomic mass is 10.1. The minimum Gasteiger partial charge on any atom is -0.507 e. The quantitative estimate of drug-likeness (QED) is 0.436. The number of hydrogen-bond acceptors (Lipinski definition) is 10. The molecule has 0 aliphatic carbocycles. The van der Waals surface area contributed by atoms with Gasteiger partial charge in [0.1, 0.15) is 17.5 Å². The van der Waals surface area contributed by atoms with E-state index in [9.17, 15) is 9.90 Å². The number of phenols is 1. The third-order valence-corrected chi connectivity index (χ3v) is 6.36. The van der Waals surface area contributed by atoms with Crippen LogP contribution in [0.2, 0.25) is 5.02 Å². The Morgan fingerprint density at radius 1 is 1.48 bits per heavy atom. The summed E-state index contributed by atoms with van der Waals surface area (Å²) in [7, 11) is 1.41. The SMILES string of the molecule is COc1cc(O)c2c(c1Cl)C(=O)OCCCCC(=S)N[C@H](c1nc(CN)no1)CSC2. The number of benzene rings is 1. The number of nitrogens with zero attached hydrogens (tertiary/aromatic N) is 2. The normalized spacial score (nSPS) is 18.5. The highest BCUT2D eigenvalue weighted by molar-refractivity contribution is 7.98. The number of phenolic OH excluding ortho intramolecular Hbond substituents is 1. The molecule has 1 atom stereocenters. The standard InChI is InChI=1S/C19H23ClN4O5S2/c1-27-13-6-12(25)10-8-31-9-11(18-23-14(7-21)24-29-18)22-15(30)4-2-3-5-28-19(26)16(10)17(13)20/h6,11,25H,2-5,7-9,21H2,1H3,(H,22,30)/t11-/m0/s1. The zero-order valence-corrected chi connectivity index (χ0v) is 19.2. The van der Waals surface area contributed by atoms with E-state index >= 15 is 0 Å². The maximum Gasteiger partial charge on any atom is 0.340 e. The molecule has 0 unspecified atom stereocenters. The summed E-state index contributed by atoms with van der Waals surface area (Å²) in [4.78, 5) is 17.7. The van der Waals surface area contributed by atoms with E-state index in [1.807, 2.05) is 0 Å². The van der Waals surface area contributed by atoms with Crippen LogP contribution in [0.25, 0.3) is 0 Å². The van der Waals surface area contributed by atoms with Crippen LogP contribution >= 0.6 is 35.6 Å². The van der Waals surface area contributed by atoms with Crippen LogP contribution in [0.1, 0.15) is 52.9 Å². The summed E-state index contributed by atoms with van der Waals surface area (Å²) in [6, 6.07) is 1.04. The van der Waals surface area contributed by atoms with E-state index in [0.29, 0.717) is 40.9 Å². The average molecular weight is 487 g/mol. The van der Waals surface area contributed by atoms with Crippen LogP contribution in [0.5, 0.6) is 11.5 Å². The number of ether oxygens (including phenoxy) is 2. The van der Waals surface area contributed by atoms with Crippen LogP contribution in [-0.2, 0) is 17.0 Å². The van der Waals surface area contributed by atoms with Crippen molar-refractivity contribution >= 4 is 46.5 Å². The van der Waals surface area contributed by atoms with Gasteiger partial charge in [-0.2, -0.15) is 16.7 Å². The molecule has 0 radical (unpaired) electrons. The molecule has 12 heteroatoms. The van der Waals surface area contributed by atoms with Gasteiger partial charge >= 0.3 is 5.97 Å². The molecule has 0 fully saturated rings. The molecule has 1 aromatic heterocycles. The van der Waals surface area contributed by atoms with Gasteiger partial charge in [0.15, 0.2) is 5.82 Å². The second-order valence-electron chi connectivity index (χ2n) is 6.75. The van der Waals surface area contributed by atoms with Gasteiger partial charge in [-0.3, -0.25) is 0 Å². The molecule has 1 aliphatic heterocycles. The van der Waals surface area contributed by atoms with Crippen molar-refractivity contribution < 1.29 is 23.9 Å². The van der Waals surface area contributed by atoms with E-state index in [2.05, 4.69) is 15.5 Å². The van der Waals surface area contributed by atoms with E-state index in [0.717, 1.165) is 6.42 Å². The Hall–Kier alpha value is -2.08. The summed E-state index contributed by atoms with van der Waals surface area (Å²) in [5.41, 5.74) is 6.05. The number of aromatic hydroxyl groups is 1. The molecule has 0 saturated heterocycles. The molecule has 31 heavy (non-hydrogen) atoms. The molecule has 4 N–H and O–H groups in total. The second kappa shape index (κ2) is 11.0. The van der Waals surface area contributed by atoms with Crippen LogP contribution in [0.4, 0.5) is 0 Å². The first-order chi connectivity index (χ1) is 14.9. The number of carbonyl (C=O) groups excluding carboxylic acids is 1. The van der Waals surface area contributed by atoms with Gasteiger partial charge in [-0.15, -0.1) is 0 Å². The largest absolute Gasteiger partial charge is 0.507 e. The fourth-order valence-corrected chi connectivity index (χ4v) is 4.69. The van der Waals surface area contributed by atoms with Gasteiger partial charge in [0, 0.05) is 23.1 Å². The van der Waals surface area contributed by atoms with Crippen LogP contribution in [-0.4, -0.2) is 45.7 Å². The molecule has 9 nitrogen and oxygen atoms in total. The summed E-state index contributed by atoms with van der Waals surface area (Å²) >= 11 is 13.3. The minimum absolute atomic E-state index is 0.101. The highest BCUT2D eigenvalue weighted by Gasteiger charge is 2.26. The Bertz CT molecular complexity index is 956. The Kier molecular flexibility index (Phi) is 8.35. The molecule has 2 heterocycles. The Morgan fingerprint density at radius 2 is 2.29 bits per heavy atom. The predicted molar refractivity (Wildman–Crippen MR) is 121 cm³/mol. The number of thiocarbonyl (C=S) groups is 1. The predicted octanol–water partition coefficient (Wildman–Crippen LogP) is 3.13. The molecule has 2 aromatic rings. The first-order valence-corrected chi connectivity index (χ1v) is 11.5. The van der Waals surface area contributed by atoms with Gasteiger partial charge in [-0.1, -0.05) is 29.0 Å². The lowest BCUT2D eigenvalue weighted by molar-refractivity contribution is 0.0497. The van der Waals surface area contributed by atoms with Gasteiger partial charge in [-0.25, -0.2) is 4.79 Å². The van der Waals surface area contributed by atoms with Crippen LogP contribution in [0, 0.1) is 0 Å². The number of nitrogens with one attached hydrogen (secondary N) is 1.